The van der Waals surface area contributed by atoms with Crippen LogP contribution in [0.2, 0.25) is 0 Å². The lowest BCUT2D eigenvalue weighted by Crippen LogP contribution is -2.24. The first-order chi connectivity index (χ1) is 13.5. The predicted octanol–water partition coefficient (Wildman–Crippen LogP) is 2.11. The van der Waals surface area contributed by atoms with Gasteiger partial charge in [0.15, 0.2) is 0 Å². The summed E-state index contributed by atoms with van der Waals surface area (Å²) in [5, 5.41) is 21.0. The van der Waals surface area contributed by atoms with Crippen LogP contribution in [0, 0.1) is 0 Å². The molecule has 28 heavy (non-hydrogen) atoms. The number of aliphatic hydroxyl groups excluding tert-OH is 2. The second kappa shape index (κ2) is 7.50. The van der Waals surface area contributed by atoms with E-state index in [4.69, 9.17) is 4.74 Å². The first-order valence-electron chi connectivity index (χ1n) is 9.71. The number of ether oxygens (including phenoxy) is 1. The molecule has 0 bridgehead atoms. The third kappa shape index (κ3) is 3.26. The van der Waals surface area contributed by atoms with Gasteiger partial charge in [-0.15, -0.1) is 0 Å². The molecule has 148 valence electrons. The van der Waals surface area contributed by atoms with E-state index in [0.717, 1.165) is 35.1 Å². The maximum absolute atomic E-state index is 12.6. The molecule has 7 heteroatoms. The van der Waals surface area contributed by atoms with Gasteiger partial charge in [0.1, 0.15) is 11.8 Å². The molecule has 1 fully saturated rings. The Balaban J connectivity index is 1.77. The van der Waals surface area contributed by atoms with E-state index >= 15 is 0 Å². The Kier molecular flexibility index (Phi) is 5.05. The molecule has 3 heterocycles. The highest BCUT2D eigenvalue weighted by molar-refractivity contribution is 5.92. The summed E-state index contributed by atoms with van der Waals surface area (Å²) >= 11 is 0. The molecule has 0 unspecified atom stereocenters. The average molecular weight is 383 g/mol. The van der Waals surface area contributed by atoms with E-state index in [1.54, 1.807) is 6.07 Å². The number of fused-ring (bicyclic) bond motifs is 2. The number of aliphatic hydroxyl groups is 2. The predicted molar refractivity (Wildman–Crippen MR) is 109 cm³/mol. The first-order valence-corrected chi connectivity index (χ1v) is 9.71. The van der Waals surface area contributed by atoms with Crippen molar-refractivity contribution >= 4 is 27.6 Å². The Morgan fingerprint density at radius 2 is 2.00 bits per heavy atom. The number of anilines is 1. The van der Waals surface area contributed by atoms with Gasteiger partial charge in [0.05, 0.1) is 24.3 Å². The molecule has 0 radical (unpaired) electrons. The molecule has 0 spiro atoms. The standard InChI is InChI=1S/C21H25N3O4/c1-3-24(4-2)14-6-5-12-7-13-8-15(18-10-17(26)19(11-25)28-18)21(27)23-20(13)22-16(12)9-14/h5-9,17-19,25-26H,3-4,10-11H2,1-2H3,(H,22,23,27)/t17-,18-,19-/m1/s1. The number of benzene rings is 1. The fraction of sp³-hybridized carbons (Fsp3) is 0.429. The van der Waals surface area contributed by atoms with Crippen molar-refractivity contribution in [1.82, 2.24) is 9.97 Å². The lowest BCUT2D eigenvalue weighted by molar-refractivity contribution is -0.0228. The average Bonchev–Trinajstić information content (AvgIpc) is 3.07. The van der Waals surface area contributed by atoms with Gasteiger partial charge < -0.3 is 24.8 Å². The van der Waals surface area contributed by atoms with Gasteiger partial charge in [0.2, 0.25) is 0 Å². The molecule has 0 aliphatic carbocycles. The molecular formula is C21H25N3O4. The van der Waals surface area contributed by atoms with E-state index in [9.17, 15) is 15.0 Å². The number of rotatable bonds is 5. The van der Waals surface area contributed by atoms with Crippen molar-refractivity contribution in [2.45, 2.75) is 38.6 Å². The lowest BCUT2D eigenvalue weighted by atomic mass is 10.0. The van der Waals surface area contributed by atoms with Crippen molar-refractivity contribution in [3.05, 3.63) is 46.2 Å². The van der Waals surface area contributed by atoms with Crippen LogP contribution in [0.1, 0.15) is 31.9 Å². The zero-order chi connectivity index (χ0) is 19.8. The van der Waals surface area contributed by atoms with Crippen LogP contribution in [0.3, 0.4) is 0 Å². The minimum atomic E-state index is -0.779. The Morgan fingerprint density at radius 3 is 2.68 bits per heavy atom. The van der Waals surface area contributed by atoms with Crippen molar-refractivity contribution in [1.29, 1.82) is 0 Å². The minimum absolute atomic E-state index is 0.274. The quantitative estimate of drug-likeness (QED) is 0.584. The van der Waals surface area contributed by atoms with Gasteiger partial charge in [0, 0.05) is 41.5 Å². The summed E-state index contributed by atoms with van der Waals surface area (Å²) in [5.41, 5.74) is 2.62. The number of aromatic nitrogens is 2. The van der Waals surface area contributed by atoms with Gasteiger partial charge in [0.25, 0.3) is 5.56 Å². The molecule has 0 amide bonds. The second-order valence-corrected chi connectivity index (χ2v) is 7.18. The molecule has 1 aromatic carbocycles. The molecule has 3 N–H and O–H groups in total. The van der Waals surface area contributed by atoms with Crippen LogP contribution in [0.5, 0.6) is 0 Å². The Labute approximate surface area is 162 Å². The van der Waals surface area contributed by atoms with Gasteiger partial charge in [-0.2, -0.15) is 0 Å². The highest BCUT2D eigenvalue weighted by Crippen LogP contribution is 2.32. The van der Waals surface area contributed by atoms with E-state index in [-0.39, 0.29) is 18.6 Å². The number of aromatic amines is 1. The van der Waals surface area contributed by atoms with Crippen molar-refractivity contribution in [2.24, 2.45) is 0 Å². The lowest BCUT2D eigenvalue weighted by Gasteiger charge is -2.21. The van der Waals surface area contributed by atoms with Crippen LogP contribution < -0.4 is 10.5 Å². The molecule has 1 saturated heterocycles. The fourth-order valence-corrected chi connectivity index (χ4v) is 3.91. The molecule has 3 atom stereocenters. The summed E-state index contributed by atoms with van der Waals surface area (Å²) < 4.78 is 5.65. The zero-order valence-corrected chi connectivity index (χ0v) is 16.1. The number of H-pyrrole nitrogens is 1. The molecule has 0 saturated carbocycles. The number of nitrogens with one attached hydrogen (secondary N) is 1. The van der Waals surface area contributed by atoms with E-state index in [1.165, 1.54) is 0 Å². The van der Waals surface area contributed by atoms with E-state index in [2.05, 4.69) is 34.8 Å². The van der Waals surface area contributed by atoms with Gasteiger partial charge >= 0.3 is 0 Å². The summed E-state index contributed by atoms with van der Waals surface area (Å²) in [4.78, 5) is 22.3. The van der Waals surface area contributed by atoms with Crippen LogP contribution in [0.25, 0.3) is 21.9 Å². The Morgan fingerprint density at radius 1 is 1.21 bits per heavy atom. The topological polar surface area (TPSA) is 98.7 Å². The third-order valence-corrected chi connectivity index (χ3v) is 5.52. The minimum Gasteiger partial charge on any atom is -0.394 e. The highest BCUT2D eigenvalue weighted by Gasteiger charge is 2.35. The van der Waals surface area contributed by atoms with Gasteiger partial charge in [-0.25, -0.2) is 4.98 Å². The zero-order valence-electron chi connectivity index (χ0n) is 16.1. The van der Waals surface area contributed by atoms with Gasteiger partial charge in [-0.05, 0) is 38.1 Å². The SMILES string of the molecule is CCN(CC)c1ccc2cc3cc([C@H]4C[C@@H](O)[C@@H](CO)O4)c(=O)[nH]c3nc2c1. The van der Waals surface area contributed by atoms with Crippen molar-refractivity contribution in [2.75, 3.05) is 24.6 Å². The Bertz CT molecular complexity index is 1060. The molecule has 3 aromatic rings. The monoisotopic (exact) mass is 383 g/mol. The number of hydrogen-bond donors (Lipinski definition) is 3. The molecular weight excluding hydrogens is 358 g/mol. The van der Waals surface area contributed by atoms with Gasteiger partial charge in [-0.1, -0.05) is 6.07 Å². The number of nitrogens with zero attached hydrogens (tertiary/aromatic N) is 2. The molecule has 2 aromatic heterocycles. The van der Waals surface area contributed by atoms with Crippen LogP contribution in [0.4, 0.5) is 5.69 Å². The summed E-state index contributed by atoms with van der Waals surface area (Å²) in [5.74, 6) is 0. The maximum atomic E-state index is 12.6. The maximum Gasteiger partial charge on any atom is 0.255 e. The van der Waals surface area contributed by atoms with Crippen LogP contribution >= 0.6 is 0 Å². The number of pyridine rings is 2. The first kappa shape index (κ1) is 18.9. The van der Waals surface area contributed by atoms with Gasteiger partial charge in [-0.3, -0.25) is 4.79 Å². The summed E-state index contributed by atoms with van der Waals surface area (Å²) in [6, 6.07) is 9.93. The summed E-state index contributed by atoms with van der Waals surface area (Å²) in [6.07, 6.45) is -1.69. The van der Waals surface area contributed by atoms with E-state index < -0.39 is 18.3 Å². The van der Waals surface area contributed by atoms with Crippen LogP contribution in [-0.2, 0) is 4.74 Å². The second-order valence-electron chi connectivity index (χ2n) is 7.18. The fourth-order valence-electron chi connectivity index (χ4n) is 3.91. The third-order valence-electron chi connectivity index (χ3n) is 5.52. The highest BCUT2D eigenvalue weighted by atomic mass is 16.5. The molecule has 1 aliphatic heterocycles. The van der Waals surface area contributed by atoms with Crippen LogP contribution in [-0.4, -0.2) is 52.1 Å². The largest absolute Gasteiger partial charge is 0.394 e. The molecule has 1 aliphatic rings. The normalized spacial score (nSPS) is 22.2. The van der Waals surface area contributed by atoms with Crippen LogP contribution in [0.15, 0.2) is 35.1 Å². The Hall–Kier alpha value is -2.48. The van der Waals surface area contributed by atoms with Crippen molar-refractivity contribution in [3.8, 4) is 0 Å². The van der Waals surface area contributed by atoms with E-state index in [1.807, 2.05) is 18.2 Å². The molecule has 7 nitrogen and oxygen atoms in total. The summed E-state index contributed by atoms with van der Waals surface area (Å²) in [7, 11) is 0. The van der Waals surface area contributed by atoms with Crippen molar-refractivity contribution in [3.63, 3.8) is 0 Å². The van der Waals surface area contributed by atoms with Crippen molar-refractivity contribution < 1.29 is 14.9 Å². The summed E-state index contributed by atoms with van der Waals surface area (Å²) in [6.45, 7) is 5.79. The number of hydrogen-bond acceptors (Lipinski definition) is 6. The van der Waals surface area contributed by atoms with E-state index in [0.29, 0.717) is 11.2 Å². The smallest absolute Gasteiger partial charge is 0.255 e. The molecule has 4 rings (SSSR count).